The number of nitrogens with one attached hydrogen (secondary N) is 1. The molecule has 0 aliphatic heterocycles. The molecule has 0 rings (SSSR count). The molecule has 0 spiro atoms. The molecule has 0 amide bonds. The van der Waals surface area contributed by atoms with Gasteiger partial charge in [-0.3, -0.25) is 4.79 Å². The van der Waals surface area contributed by atoms with E-state index in [2.05, 4.69) is 39.9 Å². The Morgan fingerprint density at radius 3 is 1.73 bits per heavy atom. The molecule has 2 nitrogen and oxygen atoms in total. The van der Waals surface area contributed by atoms with Gasteiger partial charge in [-0.1, -0.05) is 34.6 Å². The van der Waals surface area contributed by atoms with Gasteiger partial charge in [-0.05, 0) is 32.7 Å². The number of hydrogen-bond donors (Lipinski definition) is 1. The summed E-state index contributed by atoms with van der Waals surface area (Å²) in [4.78, 5) is 11.7. The molecular weight excluding hydrogens is 186 g/mol. The van der Waals surface area contributed by atoms with Gasteiger partial charge in [-0.15, -0.1) is 0 Å². The van der Waals surface area contributed by atoms with Gasteiger partial charge in [0, 0.05) is 11.0 Å². The van der Waals surface area contributed by atoms with E-state index >= 15 is 0 Å². The molecule has 0 fully saturated rings. The van der Waals surface area contributed by atoms with Crippen molar-refractivity contribution in [3.63, 3.8) is 0 Å². The van der Waals surface area contributed by atoms with E-state index in [-0.39, 0.29) is 22.2 Å². The van der Waals surface area contributed by atoms with Crippen molar-refractivity contribution in [2.75, 3.05) is 6.54 Å². The van der Waals surface area contributed by atoms with E-state index in [0.717, 1.165) is 6.54 Å². The Morgan fingerprint density at radius 2 is 1.47 bits per heavy atom. The Hall–Kier alpha value is -0.370. The molecule has 0 heterocycles. The molecule has 0 aromatic heterocycles. The summed E-state index contributed by atoms with van der Waals surface area (Å²) in [7, 11) is 0. The maximum Gasteiger partial charge on any atom is 0.136 e. The predicted molar refractivity (Wildman–Crippen MR) is 66.0 cm³/mol. The first-order chi connectivity index (χ1) is 6.50. The number of carbonyl (C=O) groups excluding carboxylic acids is 1. The van der Waals surface area contributed by atoms with Crippen molar-refractivity contribution in [2.24, 2.45) is 10.8 Å². The lowest BCUT2D eigenvalue weighted by Crippen LogP contribution is -2.59. The Balaban J connectivity index is 5.20. The minimum atomic E-state index is -0.321. The van der Waals surface area contributed by atoms with Crippen LogP contribution in [0.3, 0.4) is 0 Å². The lowest BCUT2D eigenvalue weighted by Gasteiger charge is -2.51. The van der Waals surface area contributed by atoms with Crippen molar-refractivity contribution >= 4 is 5.78 Å². The topological polar surface area (TPSA) is 29.1 Å². The van der Waals surface area contributed by atoms with Gasteiger partial charge >= 0.3 is 0 Å². The van der Waals surface area contributed by atoms with Crippen LogP contribution in [0.25, 0.3) is 0 Å². The zero-order chi connectivity index (χ0) is 12.5. The summed E-state index contributed by atoms with van der Waals surface area (Å²) in [5.74, 6) is 0.249. The van der Waals surface area contributed by atoms with Crippen LogP contribution in [0.1, 0.15) is 55.4 Å². The highest BCUT2D eigenvalue weighted by Crippen LogP contribution is 2.46. The van der Waals surface area contributed by atoms with E-state index in [1.807, 2.05) is 13.8 Å². The van der Waals surface area contributed by atoms with Crippen molar-refractivity contribution in [1.82, 2.24) is 5.32 Å². The lowest BCUT2D eigenvalue weighted by molar-refractivity contribution is -0.134. The van der Waals surface area contributed by atoms with Crippen LogP contribution in [0.5, 0.6) is 0 Å². The number of ketones is 1. The number of carbonyl (C=O) groups is 1. The maximum absolute atomic E-state index is 11.7. The van der Waals surface area contributed by atoms with Gasteiger partial charge in [-0.2, -0.15) is 0 Å². The normalized spacial score (nSPS) is 14.1. The minimum absolute atomic E-state index is 0.0586. The Morgan fingerprint density at radius 1 is 1.07 bits per heavy atom. The summed E-state index contributed by atoms with van der Waals surface area (Å²) in [6, 6.07) is 0. The van der Waals surface area contributed by atoms with E-state index in [9.17, 15) is 4.79 Å². The molecule has 0 atom stereocenters. The van der Waals surface area contributed by atoms with Gasteiger partial charge in [0.15, 0.2) is 0 Å². The van der Waals surface area contributed by atoms with Gasteiger partial charge in [0.05, 0.1) is 0 Å². The highest BCUT2D eigenvalue weighted by Gasteiger charge is 2.49. The second-order valence-electron chi connectivity index (χ2n) is 5.96. The minimum Gasteiger partial charge on any atom is -0.312 e. The average Bonchev–Trinajstić information content (AvgIpc) is 2.02. The molecule has 1 N–H and O–H groups in total. The number of rotatable bonds is 5. The molecule has 0 aromatic carbocycles. The third kappa shape index (κ3) is 2.41. The largest absolute Gasteiger partial charge is 0.312 e. The van der Waals surface area contributed by atoms with Crippen LogP contribution in [-0.4, -0.2) is 17.9 Å². The van der Waals surface area contributed by atoms with Crippen LogP contribution in [0.15, 0.2) is 0 Å². The molecule has 0 saturated carbocycles. The quantitative estimate of drug-likeness (QED) is 0.760. The van der Waals surface area contributed by atoms with Crippen LogP contribution < -0.4 is 5.32 Å². The molecule has 0 aliphatic rings. The molecule has 0 unspecified atom stereocenters. The SMILES string of the molecule is CCNC(C)(C)C(C)(C)C(C)(C)C(C)=O. The molecule has 0 radical (unpaired) electrons. The standard InChI is InChI=1S/C13H27NO/c1-9-14-13(7,8)12(5,6)11(3,4)10(2)15/h14H,9H2,1-8H3. The van der Waals surface area contributed by atoms with Gasteiger partial charge < -0.3 is 5.32 Å². The average molecular weight is 213 g/mol. The van der Waals surface area contributed by atoms with Crippen LogP contribution in [0.2, 0.25) is 0 Å². The van der Waals surface area contributed by atoms with Crippen molar-refractivity contribution < 1.29 is 4.79 Å². The first kappa shape index (κ1) is 14.6. The van der Waals surface area contributed by atoms with E-state index in [1.165, 1.54) is 0 Å². The molecular formula is C13H27NO. The van der Waals surface area contributed by atoms with Crippen molar-refractivity contribution in [1.29, 1.82) is 0 Å². The fourth-order valence-corrected chi connectivity index (χ4v) is 1.88. The van der Waals surface area contributed by atoms with E-state index in [1.54, 1.807) is 6.92 Å². The Bertz CT molecular complexity index is 239. The molecule has 0 bridgehead atoms. The summed E-state index contributed by atoms with van der Waals surface area (Å²) >= 11 is 0. The van der Waals surface area contributed by atoms with Gasteiger partial charge in [0.25, 0.3) is 0 Å². The fraction of sp³-hybridized carbons (Fsp3) is 0.923. The van der Waals surface area contributed by atoms with Crippen LogP contribution in [0.4, 0.5) is 0 Å². The Labute approximate surface area is 94.8 Å². The number of hydrogen-bond acceptors (Lipinski definition) is 2. The molecule has 2 heteroatoms. The summed E-state index contributed by atoms with van der Waals surface area (Å²) in [5, 5.41) is 3.47. The van der Waals surface area contributed by atoms with E-state index < -0.39 is 0 Å². The molecule has 0 aliphatic carbocycles. The van der Waals surface area contributed by atoms with Crippen LogP contribution in [-0.2, 0) is 4.79 Å². The van der Waals surface area contributed by atoms with Gasteiger partial charge in [0.1, 0.15) is 5.78 Å². The van der Waals surface area contributed by atoms with E-state index in [4.69, 9.17) is 0 Å². The second kappa shape index (κ2) is 4.25. The summed E-state index contributed by atoms with van der Waals surface area (Å²) in [5.41, 5.74) is -0.475. The summed E-state index contributed by atoms with van der Waals surface area (Å²) in [6.45, 7) is 17.4. The van der Waals surface area contributed by atoms with Crippen LogP contribution in [0, 0.1) is 10.8 Å². The zero-order valence-corrected chi connectivity index (χ0v) is 11.6. The summed E-state index contributed by atoms with van der Waals surface area (Å²) in [6.07, 6.45) is 0. The first-order valence-corrected chi connectivity index (χ1v) is 5.76. The third-order valence-corrected chi connectivity index (χ3v) is 4.62. The van der Waals surface area contributed by atoms with E-state index in [0.29, 0.717) is 0 Å². The lowest BCUT2D eigenvalue weighted by atomic mass is 9.57. The van der Waals surface area contributed by atoms with Crippen molar-refractivity contribution in [3.8, 4) is 0 Å². The predicted octanol–water partition coefficient (Wildman–Crippen LogP) is 3.02. The number of Topliss-reactive ketones (excluding diaryl/α,β-unsaturated/α-hetero) is 1. The molecule has 0 saturated heterocycles. The van der Waals surface area contributed by atoms with Crippen molar-refractivity contribution in [3.05, 3.63) is 0 Å². The highest BCUT2D eigenvalue weighted by atomic mass is 16.1. The second-order valence-corrected chi connectivity index (χ2v) is 5.96. The summed E-state index contributed by atoms with van der Waals surface area (Å²) < 4.78 is 0. The highest BCUT2D eigenvalue weighted by molar-refractivity contribution is 5.82. The molecule has 15 heavy (non-hydrogen) atoms. The fourth-order valence-electron chi connectivity index (χ4n) is 1.88. The third-order valence-electron chi connectivity index (χ3n) is 4.62. The van der Waals surface area contributed by atoms with Gasteiger partial charge in [0.2, 0.25) is 0 Å². The smallest absolute Gasteiger partial charge is 0.136 e. The van der Waals surface area contributed by atoms with Crippen LogP contribution >= 0.6 is 0 Å². The van der Waals surface area contributed by atoms with Crippen molar-refractivity contribution in [2.45, 2.75) is 60.9 Å². The molecule has 90 valence electrons. The first-order valence-electron chi connectivity index (χ1n) is 5.76. The zero-order valence-electron chi connectivity index (χ0n) is 11.6. The van der Waals surface area contributed by atoms with Gasteiger partial charge in [-0.25, -0.2) is 0 Å². The monoisotopic (exact) mass is 213 g/mol. The maximum atomic E-state index is 11.7. The Kier molecular flexibility index (Phi) is 4.14. The molecule has 0 aromatic rings.